The zero-order valence-electron chi connectivity index (χ0n) is 14.5. The zero-order valence-corrected chi connectivity index (χ0v) is 15.3. The highest BCUT2D eigenvalue weighted by molar-refractivity contribution is 7.11. The van der Waals surface area contributed by atoms with Gasteiger partial charge in [0.05, 0.1) is 18.7 Å². The highest BCUT2D eigenvalue weighted by Gasteiger charge is 2.25. The molecule has 1 aromatic heterocycles. The van der Waals surface area contributed by atoms with E-state index in [-0.39, 0.29) is 30.8 Å². The molecule has 1 N–H and O–H groups in total. The lowest BCUT2D eigenvalue weighted by Gasteiger charge is -2.22. The zero-order chi connectivity index (χ0) is 17.8. The van der Waals surface area contributed by atoms with Gasteiger partial charge in [-0.15, -0.1) is 11.3 Å². The first kappa shape index (κ1) is 17.5. The van der Waals surface area contributed by atoms with E-state index in [1.807, 2.05) is 31.2 Å². The van der Waals surface area contributed by atoms with E-state index in [4.69, 9.17) is 4.74 Å². The van der Waals surface area contributed by atoms with Gasteiger partial charge in [0.2, 0.25) is 11.8 Å². The van der Waals surface area contributed by atoms with Gasteiger partial charge in [-0.05, 0) is 38.1 Å². The summed E-state index contributed by atoms with van der Waals surface area (Å²) in [4.78, 5) is 28.8. The maximum atomic E-state index is 12.4. The van der Waals surface area contributed by atoms with Crippen molar-refractivity contribution in [2.45, 2.75) is 32.7 Å². The Balaban J connectivity index is 1.64. The van der Waals surface area contributed by atoms with Crippen LogP contribution in [0.25, 0.3) is 0 Å². The van der Waals surface area contributed by atoms with Crippen molar-refractivity contribution in [1.82, 2.24) is 5.32 Å². The van der Waals surface area contributed by atoms with Crippen LogP contribution in [0.4, 0.5) is 5.69 Å². The normalized spacial score (nSPS) is 15.1. The van der Waals surface area contributed by atoms with Gasteiger partial charge < -0.3 is 10.1 Å². The number of rotatable bonds is 5. The number of benzene rings is 1. The molecule has 132 valence electrons. The lowest BCUT2D eigenvalue weighted by molar-refractivity contribution is -0.124. The number of amides is 2. The summed E-state index contributed by atoms with van der Waals surface area (Å²) in [6.07, 6.45) is 1.06. The molecule has 2 amide bonds. The third-order valence-electron chi connectivity index (χ3n) is 4.04. The molecule has 6 heteroatoms. The van der Waals surface area contributed by atoms with Crippen molar-refractivity contribution in [3.8, 4) is 5.75 Å². The molecule has 1 atom stereocenters. The van der Waals surface area contributed by atoms with Crippen LogP contribution >= 0.6 is 11.3 Å². The maximum absolute atomic E-state index is 12.4. The van der Waals surface area contributed by atoms with E-state index < -0.39 is 0 Å². The monoisotopic (exact) mass is 358 g/mol. The van der Waals surface area contributed by atoms with Crippen molar-refractivity contribution in [1.29, 1.82) is 0 Å². The number of nitrogens with zero attached hydrogens (tertiary/aromatic N) is 1. The summed E-state index contributed by atoms with van der Waals surface area (Å²) in [5.41, 5.74) is 0.654. The van der Waals surface area contributed by atoms with Crippen LogP contribution in [0.3, 0.4) is 0 Å². The van der Waals surface area contributed by atoms with Gasteiger partial charge in [0, 0.05) is 22.2 Å². The summed E-state index contributed by atoms with van der Waals surface area (Å²) in [6.45, 7) is 4.39. The van der Waals surface area contributed by atoms with Crippen LogP contribution in [0.5, 0.6) is 5.75 Å². The second-order valence-electron chi connectivity index (χ2n) is 6.23. The van der Waals surface area contributed by atoms with Crippen LogP contribution in [0.15, 0.2) is 36.4 Å². The van der Waals surface area contributed by atoms with E-state index in [1.165, 1.54) is 14.7 Å². The van der Waals surface area contributed by atoms with E-state index >= 15 is 0 Å². The van der Waals surface area contributed by atoms with Crippen molar-refractivity contribution in [3.63, 3.8) is 0 Å². The molecule has 3 rings (SSSR count). The van der Waals surface area contributed by atoms with Crippen LogP contribution in [0, 0.1) is 6.92 Å². The minimum atomic E-state index is -0.161. The smallest absolute Gasteiger partial charge is 0.240 e. The van der Waals surface area contributed by atoms with Crippen LogP contribution < -0.4 is 15.0 Å². The molecule has 0 spiro atoms. The highest BCUT2D eigenvalue weighted by atomic mass is 32.1. The van der Waals surface area contributed by atoms with Crippen molar-refractivity contribution in [2.75, 3.05) is 18.1 Å². The number of nitrogens with one attached hydrogen (secondary N) is 1. The Bertz CT molecular complexity index is 772. The van der Waals surface area contributed by atoms with E-state index in [1.54, 1.807) is 11.3 Å². The molecular weight excluding hydrogens is 336 g/mol. The highest BCUT2D eigenvalue weighted by Crippen LogP contribution is 2.30. The van der Waals surface area contributed by atoms with Crippen molar-refractivity contribution in [3.05, 3.63) is 46.2 Å². The number of carbonyl (C=O) groups excluding carboxylic acids is 2. The summed E-state index contributed by atoms with van der Waals surface area (Å²) < 4.78 is 5.60. The van der Waals surface area contributed by atoms with Gasteiger partial charge in [-0.3, -0.25) is 14.5 Å². The van der Waals surface area contributed by atoms with Gasteiger partial charge in [-0.2, -0.15) is 0 Å². The topological polar surface area (TPSA) is 58.6 Å². The predicted molar refractivity (Wildman–Crippen MR) is 99.3 cm³/mol. The minimum absolute atomic E-state index is 0.00696. The minimum Gasteiger partial charge on any atom is -0.491 e. The first-order chi connectivity index (χ1) is 12.0. The van der Waals surface area contributed by atoms with Gasteiger partial charge in [0.1, 0.15) is 12.3 Å². The third-order valence-corrected chi connectivity index (χ3v) is 5.07. The Morgan fingerprint density at radius 3 is 2.88 bits per heavy atom. The maximum Gasteiger partial charge on any atom is 0.240 e. The number of hydrogen-bond donors (Lipinski definition) is 1. The lowest BCUT2D eigenvalue weighted by atomic mass is 10.2. The fourth-order valence-corrected chi connectivity index (χ4v) is 3.92. The molecule has 2 heterocycles. The van der Waals surface area contributed by atoms with Crippen LogP contribution in [0.1, 0.15) is 23.1 Å². The number of para-hydroxylation sites is 2. The number of anilines is 1. The summed E-state index contributed by atoms with van der Waals surface area (Å²) in [7, 11) is 0. The third kappa shape index (κ3) is 4.39. The number of thiophene rings is 1. The average molecular weight is 358 g/mol. The summed E-state index contributed by atoms with van der Waals surface area (Å²) >= 11 is 1.74. The standard InChI is InChI=1S/C19H22N2O3S/c1-13(11-15-8-7-14(2)25-15)20-18(22)12-21-16-5-3-4-6-17(16)24-10-9-19(21)23/h3-8,13H,9-12H2,1-2H3,(H,20,22). The predicted octanol–water partition coefficient (Wildman–Crippen LogP) is 2.92. The summed E-state index contributed by atoms with van der Waals surface area (Å²) in [5.74, 6) is 0.385. The molecule has 5 nitrogen and oxygen atoms in total. The molecule has 0 fully saturated rings. The average Bonchev–Trinajstić information content (AvgIpc) is 2.90. The SMILES string of the molecule is Cc1ccc(CC(C)NC(=O)CN2C(=O)CCOc3ccccc32)s1. The second kappa shape index (κ2) is 7.70. The lowest BCUT2D eigenvalue weighted by Crippen LogP contribution is -2.44. The van der Waals surface area contributed by atoms with Gasteiger partial charge in [-0.25, -0.2) is 0 Å². The second-order valence-corrected chi connectivity index (χ2v) is 7.60. The fraction of sp³-hybridized carbons (Fsp3) is 0.368. The Morgan fingerprint density at radius 2 is 2.12 bits per heavy atom. The molecule has 1 unspecified atom stereocenters. The number of ether oxygens (including phenoxy) is 1. The Labute approximate surface area is 151 Å². The first-order valence-corrected chi connectivity index (χ1v) is 9.21. The van der Waals surface area contributed by atoms with E-state index in [0.717, 1.165) is 6.42 Å². The van der Waals surface area contributed by atoms with Crippen LogP contribution in [0.2, 0.25) is 0 Å². The number of fused-ring (bicyclic) bond motifs is 1. The Kier molecular flexibility index (Phi) is 5.38. The first-order valence-electron chi connectivity index (χ1n) is 8.40. The fourth-order valence-electron chi connectivity index (χ4n) is 2.90. The number of carbonyl (C=O) groups is 2. The van der Waals surface area contributed by atoms with E-state index in [0.29, 0.717) is 18.0 Å². The van der Waals surface area contributed by atoms with Crippen molar-refractivity contribution < 1.29 is 14.3 Å². The molecule has 0 saturated carbocycles. The number of aryl methyl sites for hydroxylation is 1. The van der Waals surface area contributed by atoms with Gasteiger partial charge in [0.15, 0.2) is 0 Å². The molecule has 0 saturated heterocycles. The van der Waals surface area contributed by atoms with Gasteiger partial charge >= 0.3 is 0 Å². The Hall–Kier alpha value is -2.34. The quantitative estimate of drug-likeness (QED) is 0.894. The molecule has 0 bridgehead atoms. The van der Waals surface area contributed by atoms with E-state index in [2.05, 4.69) is 24.4 Å². The van der Waals surface area contributed by atoms with Crippen LogP contribution in [-0.4, -0.2) is 31.0 Å². The molecule has 1 aromatic carbocycles. The summed E-state index contributed by atoms with van der Waals surface area (Å²) in [5, 5.41) is 2.99. The number of hydrogen-bond acceptors (Lipinski definition) is 4. The molecule has 1 aliphatic heterocycles. The molecule has 1 aliphatic rings. The van der Waals surface area contributed by atoms with E-state index in [9.17, 15) is 9.59 Å². The van der Waals surface area contributed by atoms with Crippen molar-refractivity contribution >= 4 is 28.8 Å². The Morgan fingerprint density at radius 1 is 1.32 bits per heavy atom. The molecule has 0 radical (unpaired) electrons. The van der Waals surface area contributed by atoms with Crippen molar-refractivity contribution in [2.24, 2.45) is 0 Å². The summed E-state index contributed by atoms with van der Waals surface area (Å²) in [6, 6.07) is 11.5. The molecular formula is C19H22N2O3S. The molecule has 2 aromatic rings. The van der Waals surface area contributed by atoms with Gasteiger partial charge in [-0.1, -0.05) is 12.1 Å². The van der Waals surface area contributed by atoms with Gasteiger partial charge in [0.25, 0.3) is 0 Å². The largest absolute Gasteiger partial charge is 0.491 e. The molecule has 0 aliphatic carbocycles. The molecule has 25 heavy (non-hydrogen) atoms. The van der Waals surface area contributed by atoms with Crippen LogP contribution in [-0.2, 0) is 16.0 Å².